The van der Waals surface area contributed by atoms with E-state index < -0.39 is 239 Å². The van der Waals surface area contributed by atoms with Crippen LogP contribution >= 0.6 is 0 Å². The van der Waals surface area contributed by atoms with Crippen molar-refractivity contribution in [3.63, 3.8) is 0 Å². The van der Waals surface area contributed by atoms with E-state index in [2.05, 4.69) is 20.8 Å². The lowest BCUT2D eigenvalue weighted by Gasteiger charge is -2.35. The zero-order valence-electron chi connectivity index (χ0n) is 84.6. The molecular formula is C90H81N4OSi2+. The molecule has 474 valence electrons. The van der Waals surface area contributed by atoms with Crippen LogP contribution in [0.15, 0.2) is 327 Å². The van der Waals surface area contributed by atoms with Crippen LogP contribution in [0.1, 0.15) is 120 Å². The molecular weight excluding hydrogens is 1210 g/mol. The quantitative estimate of drug-likeness (QED) is 0.0618. The molecule has 0 aliphatic heterocycles. The Kier molecular flexibility index (Phi) is 9.46. The summed E-state index contributed by atoms with van der Waals surface area (Å²) in [6, 6.07) is 6.64. The topological polar surface area (TPSA) is 35.9 Å². The summed E-state index contributed by atoms with van der Waals surface area (Å²) in [6.07, 6.45) is 3.21. The molecule has 12 aromatic carbocycles. The maximum atomic E-state index is 10.3. The average molecular weight is 1320 g/mol. The van der Waals surface area contributed by atoms with Gasteiger partial charge < -0.3 is 4.74 Å². The predicted octanol–water partition coefficient (Wildman–Crippen LogP) is 16.5. The number of fused-ring (bicyclic) bond motifs is 4. The second-order valence-corrected chi connectivity index (χ2v) is 34.0. The van der Waals surface area contributed by atoms with Gasteiger partial charge in [-0.1, -0.05) is 310 Å². The van der Waals surface area contributed by atoms with Gasteiger partial charge in [-0.05, 0) is 129 Å². The third kappa shape index (κ3) is 11.2. The van der Waals surface area contributed by atoms with Crippen molar-refractivity contribution in [3.05, 3.63) is 344 Å². The average Bonchev–Trinajstić information content (AvgIpc) is 1.34. The molecule has 3 aromatic heterocycles. The Balaban J connectivity index is 1.20. The molecule has 97 heavy (non-hydrogen) atoms. The van der Waals surface area contributed by atoms with Crippen molar-refractivity contribution >= 4 is 90.5 Å². The molecule has 0 saturated heterocycles. The zero-order chi connectivity index (χ0) is 92.8. The number of rotatable bonds is 14. The summed E-state index contributed by atoms with van der Waals surface area (Å²) in [4.78, 5) is 4.88. The van der Waals surface area contributed by atoms with E-state index in [1.807, 2.05) is 113 Å². The fourth-order valence-corrected chi connectivity index (χ4v) is 20.9. The Morgan fingerprint density at radius 2 is 0.887 bits per heavy atom. The normalized spacial score (nSPS) is 16.7. The van der Waals surface area contributed by atoms with Gasteiger partial charge in [-0.2, -0.15) is 9.13 Å². The van der Waals surface area contributed by atoms with E-state index in [0.29, 0.717) is 33.8 Å². The smallest absolute Gasteiger partial charge is 0.255 e. The van der Waals surface area contributed by atoms with Crippen LogP contribution in [-0.4, -0.2) is 30.3 Å². The van der Waals surface area contributed by atoms with Crippen LogP contribution in [0, 0.1) is 0 Å². The summed E-state index contributed by atoms with van der Waals surface area (Å²) in [5.74, 6) is 1.03. The standard InChI is InChI=1S/C90H81N4OSi2/c1-88(2,3)65-54-55-91-86(59-65)94-81-48-29-28-46-79(81)80-52-50-70(61-83(80)94)95-69-33-30-32-68(60-69)92-63-93(82-53-51-77(62-84(82)92)96(71-34-16-10-17-35-71,72-36-18-11-19-37-72)73-38-20-12-21-39-73)87-78(64-56-66(89(4,5)6)58-67(57-64)90(7,8)9)47-31-49-85(87)97(74-40-22-13-23-41-74,75-42-24-14-25-43-75)76-44-26-15-27-45-76/h10-63H,1-9H3/q+1/i10D,11D,12D,13D,14D,15D,16D,17D,18D,19D,20D,21D,22D,23D,24D,25D,26D,27D,34D,35D,36D,37D,38D,39D,40D,41D,42D,43D,44D,45D. The first kappa shape index (κ1) is 37.0. The van der Waals surface area contributed by atoms with Crippen LogP contribution in [0.5, 0.6) is 11.5 Å². The largest absolute Gasteiger partial charge is 0.457 e. The minimum absolute atomic E-state index is 0.0774. The lowest BCUT2D eigenvalue weighted by atomic mass is 9.79. The van der Waals surface area contributed by atoms with E-state index in [0.717, 1.165) is 21.9 Å². The molecule has 3 heterocycles. The van der Waals surface area contributed by atoms with Gasteiger partial charge >= 0.3 is 0 Å². The van der Waals surface area contributed by atoms with Crippen LogP contribution < -0.4 is 50.8 Å². The maximum Gasteiger partial charge on any atom is 0.255 e. The van der Waals surface area contributed by atoms with Crippen LogP contribution in [0.3, 0.4) is 0 Å². The first-order valence-corrected chi connectivity index (χ1v) is 35.5. The zero-order valence-corrected chi connectivity index (χ0v) is 56.6. The molecule has 15 aromatic rings. The molecule has 0 aliphatic rings. The Morgan fingerprint density at radius 1 is 0.392 bits per heavy atom. The number of benzene rings is 12. The summed E-state index contributed by atoms with van der Waals surface area (Å²) < 4.78 is 304. The number of aromatic nitrogens is 4. The number of nitrogens with zero attached hydrogens (tertiary/aromatic N) is 4. The van der Waals surface area contributed by atoms with Crippen molar-refractivity contribution in [1.82, 2.24) is 14.1 Å². The number of imidazole rings is 1. The lowest BCUT2D eigenvalue weighted by molar-refractivity contribution is -0.566. The van der Waals surface area contributed by atoms with Crippen molar-refractivity contribution in [1.29, 1.82) is 0 Å². The molecule has 0 bridgehead atoms. The number of ether oxygens (including phenoxy) is 1. The number of pyridine rings is 1. The highest BCUT2D eigenvalue weighted by molar-refractivity contribution is 7.20. The minimum Gasteiger partial charge on any atom is -0.457 e. The highest BCUT2D eigenvalue weighted by Crippen LogP contribution is 2.39. The molecule has 0 amide bonds. The Morgan fingerprint density at radius 3 is 1.42 bits per heavy atom. The fourth-order valence-electron chi connectivity index (χ4n) is 13.1. The van der Waals surface area contributed by atoms with Gasteiger partial charge in [-0.3, -0.25) is 4.57 Å². The van der Waals surface area contributed by atoms with E-state index in [1.165, 1.54) is 45.8 Å². The molecule has 15 rings (SSSR count). The van der Waals surface area contributed by atoms with Gasteiger partial charge in [-0.15, -0.1) is 0 Å². The van der Waals surface area contributed by atoms with Gasteiger partial charge in [0.05, 0.1) is 52.2 Å². The fraction of sp³-hybridized carbons (Fsp3) is 0.133. The van der Waals surface area contributed by atoms with E-state index in [4.69, 9.17) is 17.9 Å². The molecule has 0 N–H and O–H groups in total. The number of para-hydroxylation sites is 2. The molecule has 0 fully saturated rings. The monoisotopic (exact) mass is 1320 g/mol. The highest BCUT2D eigenvalue weighted by atomic mass is 28.3. The molecule has 0 unspecified atom stereocenters. The van der Waals surface area contributed by atoms with Crippen molar-refractivity contribution in [2.24, 2.45) is 0 Å². The Labute approximate surface area is 615 Å². The van der Waals surface area contributed by atoms with E-state index in [9.17, 15) is 32.9 Å². The van der Waals surface area contributed by atoms with Gasteiger partial charge in [0.25, 0.3) is 6.33 Å². The molecule has 7 heteroatoms. The van der Waals surface area contributed by atoms with Crippen LogP contribution in [0.2, 0.25) is 0 Å². The summed E-state index contributed by atoms with van der Waals surface area (Å²) in [6.45, 7) is 18.1. The van der Waals surface area contributed by atoms with Gasteiger partial charge in [-0.25, -0.2) is 4.98 Å². The van der Waals surface area contributed by atoms with Crippen molar-refractivity contribution < 1.29 is 50.4 Å². The highest BCUT2D eigenvalue weighted by Gasteiger charge is 2.47. The van der Waals surface area contributed by atoms with Crippen molar-refractivity contribution in [2.75, 3.05) is 0 Å². The first-order chi connectivity index (χ1) is 59.4. The minimum atomic E-state index is -6.27. The van der Waals surface area contributed by atoms with Crippen LogP contribution in [-0.2, 0) is 16.2 Å². The summed E-state index contributed by atoms with van der Waals surface area (Å²) in [5.41, 5.74) is 2.42. The number of hydrogen-bond acceptors (Lipinski definition) is 2. The molecule has 0 saturated carbocycles. The van der Waals surface area contributed by atoms with Gasteiger partial charge in [0.1, 0.15) is 28.7 Å². The summed E-state index contributed by atoms with van der Waals surface area (Å²) >= 11 is 0. The SMILES string of the molecule is [2H]c1c([2H])c([2H])c([Si](c2ccc3c(c2)n(-c2cccc(Oc4ccc5c6ccccc6n(-c6cc(C(C)(C)C)ccn6)c5c4)c2)c[n+]3-c2c(-c3cc(C(C)(C)C)cc(C(C)(C)C)c3)cccc2[Si](c2c([2H])c([2H])c([2H])c([2H])c2[2H])(c2c([2H])c([2H])c([2H])c([2H])c2[2H])c2c([2H])c([2H])c([2H])c([2H])c2[2H])(c2c([2H])c([2H])c([2H])c([2H])c2[2H])c2c([2H])c([2H])c([2H])c([2H])c2[2H])c([2H])c1[2H]. The summed E-state index contributed by atoms with van der Waals surface area (Å²) in [7, 11) is -12.3. The first-order valence-electron chi connectivity index (χ1n) is 46.5. The van der Waals surface area contributed by atoms with Crippen molar-refractivity contribution in [2.45, 2.75) is 78.6 Å². The second kappa shape index (κ2) is 24.8. The van der Waals surface area contributed by atoms with E-state index >= 15 is 0 Å². The summed E-state index contributed by atoms with van der Waals surface area (Å²) in [5, 5.41) is -4.04. The predicted molar refractivity (Wildman–Crippen MR) is 412 cm³/mol. The van der Waals surface area contributed by atoms with Crippen LogP contribution in [0.4, 0.5) is 0 Å². The molecule has 0 radical (unpaired) electrons. The second-order valence-electron chi connectivity index (χ2n) is 26.8. The van der Waals surface area contributed by atoms with Gasteiger partial charge in [0.2, 0.25) is 0 Å². The van der Waals surface area contributed by atoms with E-state index in [-0.39, 0.29) is 49.5 Å². The Hall–Kier alpha value is -10.7. The van der Waals surface area contributed by atoms with Crippen molar-refractivity contribution in [3.8, 4) is 39.8 Å². The van der Waals surface area contributed by atoms with E-state index in [1.54, 1.807) is 42.6 Å². The third-order valence-corrected chi connectivity index (χ3v) is 26.3. The molecule has 5 nitrogen and oxygen atoms in total. The van der Waals surface area contributed by atoms with Crippen LogP contribution in [0.25, 0.3) is 61.2 Å². The maximum absolute atomic E-state index is 10.3. The third-order valence-electron chi connectivity index (χ3n) is 17.9. The molecule has 0 aliphatic carbocycles. The molecule has 0 atom stereocenters. The molecule has 0 spiro atoms. The van der Waals surface area contributed by atoms with Gasteiger partial charge in [0, 0.05) is 39.9 Å². The lowest BCUT2D eigenvalue weighted by Crippen LogP contribution is -2.76. The van der Waals surface area contributed by atoms with Gasteiger partial charge in [0.15, 0.2) is 27.2 Å². The Bertz CT molecular complexity index is 6750. The number of hydrogen-bond donors (Lipinski definition) is 0.